The number of para-hydroxylation sites is 1. The van der Waals surface area contributed by atoms with Gasteiger partial charge >= 0.3 is 0 Å². The molecular formula is C29H23N5O3S. The lowest BCUT2D eigenvalue weighted by Crippen LogP contribution is -2.18. The van der Waals surface area contributed by atoms with E-state index in [0.717, 1.165) is 22.5 Å². The number of nitrogens with zero attached hydrogens (tertiary/aromatic N) is 3. The Balaban J connectivity index is 1.30. The van der Waals surface area contributed by atoms with Crippen molar-refractivity contribution < 1.29 is 13.2 Å². The van der Waals surface area contributed by atoms with Crippen molar-refractivity contribution in [2.24, 2.45) is 5.10 Å². The molecule has 0 saturated carbocycles. The summed E-state index contributed by atoms with van der Waals surface area (Å²) in [6.45, 7) is 0. The maximum Gasteiger partial charge on any atom is 0.271 e. The minimum Gasteiger partial charge on any atom is -0.280 e. The zero-order valence-electron chi connectivity index (χ0n) is 20.1. The molecule has 5 aromatic rings. The van der Waals surface area contributed by atoms with Crippen LogP contribution in [-0.4, -0.2) is 30.3 Å². The molecule has 0 unspecified atom stereocenters. The van der Waals surface area contributed by atoms with Crippen LogP contribution in [0.3, 0.4) is 0 Å². The van der Waals surface area contributed by atoms with E-state index in [1.807, 2.05) is 66.9 Å². The monoisotopic (exact) mass is 521 g/mol. The first-order valence-corrected chi connectivity index (χ1v) is 13.2. The average Bonchev–Trinajstić information content (AvgIpc) is 3.39. The number of hydrogen-bond donors (Lipinski definition) is 2. The fourth-order valence-electron chi connectivity index (χ4n) is 3.74. The molecule has 1 aromatic heterocycles. The molecule has 188 valence electrons. The van der Waals surface area contributed by atoms with E-state index >= 15 is 0 Å². The maximum atomic E-state index is 12.7. The number of carbonyl (C=O) groups is 1. The van der Waals surface area contributed by atoms with Gasteiger partial charge in [-0.2, -0.15) is 10.2 Å². The molecule has 4 aromatic carbocycles. The Morgan fingerprint density at radius 1 is 0.789 bits per heavy atom. The lowest BCUT2D eigenvalue weighted by Gasteiger charge is -2.08. The van der Waals surface area contributed by atoms with Gasteiger partial charge in [0.1, 0.15) is 5.69 Å². The van der Waals surface area contributed by atoms with Gasteiger partial charge in [0.05, 0.1) is 16.8 Å². The van der Waals surface area contributed by atoms with Crippen molar-refractivity contribution in [3.63, 3.8) is 0 Å². The lowest BCUT2D eigenvalue weighted by molar-refractivity contribution is 0.0955. The van der Waals surface area contributed by atoms with Crippen LogP contribution >= 0.6 is 0 Å². The van der Waals surface area contributed by atoms with Crippen molar-refractivity contribution >= 4 is 27.8 Å². The van der Waals surface area contributed by atoms with Gasteiger partial charge < -0.3 is 0 Å². The third kappa shape index (κ3) is 5.69. The van der Waals surface area contributed by atoms with Crippen LogP contribution < -0.4 is 10.1 Å². The Bertz CT molecular complexity index is 1670. The molecule has 0 spiro atoms. The second-order valence-electron chi connectivity index (χ2n) is 8.27. The molecule has 0 radical (unpaired) electrons. The van der Waals surface area contributed by atoms with Gasteiger partial charge in [-0.1, -0.05) is 66.7 Å². The summed E-state index contributed by atoms with van der Waals surface area (Å²) in [5.74, 6) is -0.435. The minimum atomic E-state index is -3.72. The Morgan fingerprint density at radius 2 is 1.39 bits per heavy atom. The molecule has 2 N–H and O–H groups in total. The van der Waals surface area contributed by atoms with Crippen LogP contribution in [0.4, 0.5) is 5.69 Å². The van der Waals surface area contributed by atoms with Crippen molar-refractivity contribution in [3.05, 3.63) is 133 Å². The van der Waals surface area contributed by atoms with E-state index in [4.69, 9.17) is 5.10 Å². The highest BCUT2D eigenvalue weighted by Crippen LogP contribution is 2.22. The van der Waals surface area contributed by atoms with Crippen LogP contribution in [0.2, 0.25) is 0 Å². The zero-order valence-corrected chi connectivity index (χ0v) is 20.9. The summed E-state index contributed by atoms with van der Waals surface area (Å²) in [7, 11) is -3.72. The average molecular weight is 522 g/mol. The van der Waals surface area contributed by atoms with Crippen LogP contribution in [0.1, 0.15) is 15.9 Å². The number of aromatic nitrogens is 2. The van der Waals surface area contributed by atoms with Crippen LogP contribution in [0.15, 0.2) is 131 Å². The van der Waals surface area contributed by atoms with Crippen molar-refractivity contribution in [3.8, 4) is 16.9 Å². The first kappa shape index (κ1) is 24.7. The molecule has 38 heavy (non-hydrogen) atoms. The molecule has 0 saturated heterocycles. The molecule has 0 fully saturated rings. The predicted octanol–water partition coefficient (Wildman–Crippen LogP) is 5.10. The Morgan fingerprint density at radius 3 is 2.05 bits per heavy atom. The summed E-state index contributed by atoms with van der Waals surface area (Å²) >= 11 is 0. The van der Waals surface area contributed by atoms with Crippen LogP contribution in [0, 0.1) is 0 Å². The van der Waals surface area contributed by atoms with E-state index in [9.17, 15) is 13.2 Å². The molecule has 0 aliphatic rings. The van der Waals surface area contributed by atoms with Gasteiger partial charge in [-0.3, -0.25) is 9.52 Å². The van der Waals surface area contributed by atoms with E-state index in [0.29, 0.717) is 11.3 Å². The molecule has 8 nitrogen and oxygen atoms in total. The van der Waals surface area contributed by atoms with Crippen molar-refractivity contribution in [1.29, 1.82) is 0 Å². The van der Waals surface area contributed by atoms with E-state index in [-0.39, 0.29) is 4.90 Å². The highest BCUT2D eigenvalue weighted by Gasteiger charge is 2.14. The normalized spacial score (nSPS) is 11.4. The van der Waals surface area contributed by atoms with Gasteiger partial charge in [0.2, 0.25) is 0 Å². The van der Waals surface area contributed by atoms with E-state index < -0.39 is 15.9 Å². The molecule has 9 heteroatoms. The lowest BCUT2D eigenvalue weighted by atomic mass is 10.1. The van der Waals surface area contributed by atoms with Crippen molar-refractivity contribution in [2.75, 3.05) is 4.72 Å². The van der Waals surface area contributed by atoms with Crippen LogP contribution in [-0.2, 0) is 10.0 Å². The topological polar surface area (TPSA) is 105 Å². The summed E-state index contributed by atoms with van der Waals surface area (Å²) < 4.78 is 29.3. The Hall–Kier alpha value is -5.02. The number of sulfonamides is 1. The van der Waals surface area contributed by atoms with Gasteiger partial charge in [-0.05, 0) is 48.5 Å². The highest BCUT2D eigenvalue weighted by molar-refractivity contribution is 7.92. The van der Waals surface area contributed by atoms with Gasteiger partial charge in [0.25, 0.3) is 15.9 Å². The van der Waals surface area contributed by atoms with E-state index in [2.05, 4.69) is 15.2 Å². The molecular weight excluding hydrogens is 498 g/mol. The fourth-order valence-corrected chi connectivity index (χ4v) is 4.82. The van der Waals surface area contributed by atoms with Crippen LogP contribution in [0.5, 0.6) is 0 Å². The Labute approximate surface area is 220 Å². The number of rotatable bonds is 8. The standard InChI is InChI=1S/C29H23N5O3S/c35-29(23-16-18-25(19-17-23)33-38(36,37)27-14-8-3-9-15-27)31-30-20-24-21-34(26-12-6-2-7-13-26)32-28(24)22-10-4-1-5-11-22/h1-21,33H,(H,31,35)/b30-20+. The number of anilines is 1. The predicted molar refractivity (Wildman–Crippen MR) is 148 cm³/mol. The number of hydrogen-bond acceptors (Lipinski definition) is 5. The Kier molecular flexibility index (Phi) is 7.10. The highest BCUT2D eigenvalue weighted by atomic mass is 32.2. The van der Waals surface area contributed by atoms with Crippen molar-refractivity contribution in [1.82, 2.24) is 15.2 Å². The van der Waals surface area contributed by atoms with Gasteiger partial charge in [-0.25, -0.2) is 18.5 Å². The van der Waals surface area contributed by atoms with E-state index in [1.54, 1.807) is 29.1 Å². The number of amides is 1. The first-order valence-electron chi connectivity index (χ1n) is 11.7. The largest absolute Gasteiger partial charge is 0.280 e. The molecule has 0 aliphatic heterocycles. The minimum absolute atomic E-state index is 0.154. The summed E-state index contributed by atoms with van der Waals surface area (Å²) in [5.41, 5.74) is 6.46. The summed E-state index contributed by atoms with van der Waals surface area (Å²) in [5, 5.41) is 8.87. The molecule has 1 amide bonds. The van der Waals surface area contributed by atoms with Crippen molar-refractivity contribution in [2.45, 2.75) is 4.90 Å². The number of hydrazone groups is 1. The smallest absolute Gasteiger partial charge is 0.271 e. The van der Waals surface area contributed by atoms with Gasteiger partial charge in [0, 0.05) is 28.6 Å². The second-order valence-corrected chi connectivity index (χ2v) is 9.96. The number of carbonyl (C=O) groups excluding carboxylic acids is 1. The van der Waals surface area contributed by atoms with Crippen LogP contribution in [0.25, 0.3) is 16.9 Å². The SMILES string of the molecule is O=C(N/N=C/c1cn(-c2ccccc2)nc1-c1ccccc1)c1ccc(NS(=O)(=O)c2ccccc2)cc1. The van der Waals surface area contributed by atoms with Gasteiger partial charge in [-0.15, -0.1) is 0 Å². The second kappa shape index (κ2) is 10.9. The fraction of sp³-hybridized carbons (Fsp3) is 0. The molecule has 5 rings (SSSR count). The zero-order chi connectivity index (χ0) is 26.4. The summed E-state index contributed by atoms with van der Waals surface area (Å²) in [4.78, 5) is 12.8. The first-order chi connectivity index (χ1) is 18.5. The summed E-state index contributed by atoms with van der Waals surface area (Å²) in [6, 6.07) is 33.6. The van der Waals surface area contributed by atoms with Gasteiger partial charge in [0.15, 0.2) is 0 Å². The molecule has 1 heterocycles. The molecule has 0 bridgehead atoms. The quantitative estimate of drug-likeness (QED) is 0.219. The molecule has 0 atom stereocenters. The third-order valence-corrected chi connectivity index (χ3v) is 7.03. The molecule has 0 aliphatic carbocycles. The maximum absolute atomic E-state index is 12.7. The number of nitrogens with one attached hydrogen (secondary N) is 2. The van der Waals surface area contributed by atoms with E-state index in [1.165, 1.54) is 36.4 Å². The number of benzene rings is 4. The summed E-state index contributed by atoms with van der Waals surface area (Å²) in [6.07, 6.45) is 3.40. The third-order valence-electron chi connectivity index (χ3n) is 5.63.